The van der Waals surface area contributed by atoms with E-state index in [0.717, 1.165) is 37.2 Å². The highest BCUT2D eigenvalue weighted by Crippen LogP contribution is 2.30. The Balaban J connectivity index is 1.84. The minimum absolute atomic E-state index is 0.0715. The molecule has 22 heavy (non-hydrogen) atoms. The lowest BCUT2D eigenvalue weighted by atomic mass is 10.1. The highest BCUT2D eigenvalue weighted by atomic mass is 16.5. The fourth-order valence-corrected chi connectivity index (χ4v) is 2.75. The highest BCUT2D eigenvalue weighted by molar-refractivity contribution is 5.87. The molecule has 1 aromatic carbocycles. The van der Waals surface area contributed by atoms with Gasteiger partial charge in [-0.3, -0.25) is 5.10 Å². The van der Waals surface area contributed by atoms with Gasteiger partial charge in [0.25, 0.3) is 0 Å². The van der Waals surface area contributed by atoms with E-state index >= 15 is 0 Å². The second-order valence-electron chi connectivity index (χ2n) is 5.61. The molecule has 0 amide bonds. The number of likely N-dealkylation sites (N-methyl/N-ethyl adjacent to an activating group) is 1. The van der Waals surface area contributed by atoms with Gasteiger partial charge in [0.15, 0.2) is 0 Å². The van der Waals surface area contributed by atoms with Crippen LogP contribution in [-0.2, 0) is 0 Å². The van der Waals surface area contributed by atoms with Gasteiger partial charge in [-0.25, -0.2) is 4.79 Å². The summed E-state index contributed by atoms with van der Waals surface area (Å²) >= 11 is 0. The topological polar surface area (TPSA) is 78.5 Å². The van der Waals surface area contributed by atoms with Gasteiger partial charge in [0, 0.05) is 12.1 Å². The molecule has 1 saturated heterocycles. The zero-order chi connectivity index (χ0) is 15.5. The van der Waals surface area contributed by atoms with Gasteiger partial charge in [-0.1, -0.05) is 12.1 Å². The van der Waals surface area contributed by atoms with Crippen LogP contribution >= 0.6 is 0 Å². The number of aromatic amines is 1. The predicted molar refractivity (Wildman–Crippen MR) is 82.1 cm³/mol. The molecule has 0 radical (unpaired) electrons. The summed E-state index contributed by atoms with van der Waals surface area (Å²) in [6.45, 7) is 2.00. The summed E-state index contributed by atoms with van der Waals surface area (Å²) in [5.74, 6) is -0.280. The Morgan fingerprint density at radius 1 is 1.45 bits per heavy atom. The Bertz CT molecular complexity index is 668. The number of hydrogen-bond acceptors (Lipinski definition) is 4. The standard InChI is InChI=1S/C16H19N3O3/c1-19-8-4-5-11(10-19)22-15-7-3-2-6-12(15)13-9-14(16(20)21)18-17-13/h2-3,6-7,9,11H,4-5,8,10H2,1H3,(H,17,18)(H,20,21). The van der Waals surface area contributed by atoms with Gasteiger partial charge in [-0.15, -0.1) is 0 Å². The Hall–Kier alpha value is -2.34. The average Bonchev–Trinajstić information content (AvgIpc) is 2.98. The lowest BCUT2D eigenvalue weighted by Gasteiger charge is -2.30. The summed E-state index contributed by atoms with van der Waals surface area (Å²) in [4.78, 5) is 13.2. The Morgan fingerprint density at radius 2 is 2.27 bits per heavy atom. The number of aromatic carboxylic acids is 1. The molecule has 0 spiro atoms. The number of H-pyrrole nitrogens is 1. The fourth-order valence-electron chi connectivity index (χ4n) is 2.75. The molecule has 2 aromatic rings. The average molecular weight is 301 g/mol. The van der Waals surface area contributed by atoms with Crippen molar-refractivity contribution in [3.8, 4) is 17.0 Å². The number of hydrogen-bond donors (Lipinski definition) is 2. The largest absolute Gasteiger partial charge is 0.488 e. The van der Waals surface area contributed by atoms with Crippen molar-refractivity contribution in [2.24, 2.45) is 0 Å². The number of carboxylic acid groups (broad SMARTS) is 1. The van der Waals surface area contributed by atoms with Crippen molar-refractivity contribution in [2.45, 2.75) is 18.9 Å². The molecule has 0 saturated carbocycles. The van der Waals surface area contributed by atoms with E-state index in [4.69, 9.17) is 9.84 Å². The molecule has 1 unspecified atom stereocenters. The molecule has 2 N–H and O–H groups in total. The van der Waals surface area contributed by atoms with E-state index in [1.54, 1.807) is 0 Å². The van der Waals surface area contributed by atoms with Crippen LogP contribution in [-0.4, -0.2) is 52.4 Å². The van der Waals surface area contributed by atoms with Crippen LogP contribution in [0.25, 0.3) is 11.3 Å². The van der Waals surface area contributed by atoms with E-state index in [1.165, 1.54) is 6.07 Å². The van der Waals surface area contributed by atoms with Crippen molar-refractivity contribution in [1.29, 1.82) is 0 Å². The molecular weight excluding hydrogens is 282 g/mol. The number of para-hydroxylation sites is 1. The number of aromatic nitrogens is 2. The van der Waals surface area contributed by atoms with E-state index in [9.17, 15) is 4.79 Å². The molecule has 1 aliphatic heterocycles. The zero-order valence-corrected chi connectivity index (χ0v) is 12.5. The lowest BCUT2D eigenvalue weighted by molar-refractivity contribution is 0.0690. The van der Waals surface area contributed by atoms with Gasteiger partial charge in [0.05, 0.1) is 5.69 Å². The van der Waals surface area contributed by atoms with Gasteiger partial charge in [0.1, 0.15) is 17.5 Å². The maximum Gasteiger partial charge on any atom is 0.353 e. The number of nitrogens with zero attached hydrogens (tertiary/aromatic N) is 2. The Labute approximate surface area is 128 Å². The zero-order valence-electron chi connectivity index (χ0n) is 12.5. The molecule has 1 fully saturated rings. The lowest BCUT2D eigenvalue weighted by Crippen LogP contribution is -2.38. The second kappa shape index (κ2) is 6.19. The summed E-state index contributed by atoms with van der Waals surface area (Å²) in [5, 5.41) is 15.6. The summed E-state index contributed by atoms with van der Waals surface area (Å²) in [6, 6.07) is 9.13. The maximum absolute atomic E-state index is 11.0. The molecule has 0 aliphatic carbocycles. The second-order valence-corrected chi connectivity index (χ2v) is 5.61. The first-order chi connectivity index (χ1) is 10.6. The van der Waals surface area contributed by atoms with Crippen LogP contribution in [0, 0.1) is 0 Å². The smallest absolute Gasteiger partial charge is 0.353 e. The van der Waals surface area contributed by atoms with Gasteiger partial charge in [-0.2, -0.15) is 5.10 Å². The minimum Gasteiger partial charge on any atom is -0.488 e. The molecule has 2 heterocycles. The van der Waals surface area contributed by atoms with Crippen molar-refractivity contribution in [3.05, 3.63) is 36.0 Å². The minimum atomic E-state index is -1.02. The third-order valence-electron chi connectivity index (χ3n) is 3.85. The monoisotopic (exact) mass is 301 g/mol. The Kier molecular flexibility index (Phi) is 4.11. The van der Waals surface area contributed by atoms with Crippen molar-refractivity contribution >= 4 is 5.97 Å². The molecular formula is C16H19N3O3. The van der Waals surface area contributed by atoms with E-state index in [0.29, 0.717) is 5.69 Å². The van der Waals surface area contributed by atoms with Crippen molar-refractivity contribution in [2.75, 3.05) is 20.1 Å². The first-order valence-electron chi connectivity index (χ1n) is 7.37. The van der Waals surface area contributed by atoms with Gasteiger partial charge in [-0.05, 0) is 44.6 Å². The summed E-state index contributed by atoms with van der Waals surface area (Å²) in [5.41, 5.74) is 1.46. The number of nitrogens with one attached hydrogen (secondary N) is 1. The number of piperidine rings is 1. The summed E-state index contributed by atoms with van der Waals surface area (Å²) in [7, 11) is 2.09. The van der Waals surface area contributed by atoms with Crippen molar-refractivity contribution in [3.63, 3.8) is 0 Å². The van der Waals surface area contributed by atoms with Gasteiger partial charge >= 0.3 is 5.97 Å². The van der Waals surface area contributed by atoms with E-state index in [2.05, 4.69) is 22.1 Å². The third-order valence-corrected chi connectivity index (χ3v) is 3.85. The quantitative estimate of drug-likeness (QED) is 0.905. The number of carboxylic acids is 1. The predicted octanol–water partition coefficient (Wildman–Crippen LogP) is 2.25. The van der Waals surface area contributed by atoms with Crippen molar-refractivity contribution < 1.29 is 14.6 Å². The van der Waals surface area contributed by atoms with Crippen LogP contribution in [0.4, 0.5) is 0 Å². The van der Waals surface area contributed by atoms with Crippen LogP contribution < -0.4 is 4.74 Å². The number of carbonyl (C=O) groups is 1. The first-order valence-corrected chi connectivity index (χ1v) is 7.37. The number of ether oxygens (including phenoxy) is 1. The molecule has 1 aliphatic rings. The Morgan fingerprint density at radius 3 is 3.00 bits per heavy atom. The summed E-state index contributed by atoms with van der Waals surface area (Å²) in [6.07, 6.45) is 2.30. The van der Waals surface area contributed by atoms with Crippen LogP contribution in [0.2, 0.25) is 0 Å². The maximum atomic E-state index is 11.0. The van der Waals surface area contributed by atoms with Crippen molar-refractivity contribution in [1.82, 2.24) is 15.1 Å². The number of rotatable bonds is 4. The molecule has 1 aromatic heterocycles. The number of likely N-dealkylation sites (tertiary alicyclic amines) is 1. The molecule has 0 bridgehead atoms. The summed E-state index contributed by atoms with van der Waals surface area (Å²) < 4.78 is 6.14. The molecule has 6 nitrogen and oxygen atoms in total. The highest BCUT2D eigenvalue weighted by Gasteiger charge is 2.20. The van der Waals surface area contributed by atoms with E-state index in [-0.39, 0.29) is 11.8 Å². The molecule has 1 atom stereocenters. The number of benzene rings is 1. The normalized spacial score (nSPS) is 19.0. The van der Waals surface area contributed by atoms with E-state index < -0.39 is 5.97 Å². The molecule has 116 valence electrons. The van der Waals surface area contributed by atoms with Crippen LogP contribution in [0.5, 0.6) is 5.75 Å². The van der Waals surface area contributed by atoms with Crippen LogP contribution in [0.15, 0.2) is 30.3 Å². The first kappa shape index (κ1) is 14.6. The fraction of sp³-hybridized carbons (Fsp3) is 0.375. The molecule has 3 rings (SSSR count). The van der Waals surface area contributed by atoms with Crippen LogP contribution in [0.3, 0.4) is 0 Å². The van der Waals surface area contributed by atoms with Crippen LogP contribution in [0.1, 0.15) is 23.3 Å². The van der Waals surface area contributed by atoms with Gasteiger partial charge < -0.3 is 14.7 Å². The van der Waals surface area contributed by atoms with Gasteiger partial charge in [0.2, 0.25) is 0 Å². The SMILES string of the molecule is CN1CCCC(Oc2ccccc2-c2cc(C(=O)O)[nH]n2)C1. The van der Waals surface area contributed by atoms with E-state index in [1.807, 2.05) is 24.3 Å². The third kappa shape index (κ3) is 3.12. The molecule has 6 heteroatoms.